The van der Waals surface area contributed by atoms with Gasteiger partial charge in [0.15, 0.2) is 0 Å². The Morgan fingerprint density at radius 2 is 2.00 bits per heavy atom. The summed E-state index contributed by atoms with van der Waals surface area (Å²) < 4.78 is 5.12. The summed E-state index contributed by atoms with van der Waals surface area (Å²) in [6.45, 7) is 4.05. The molecule has 1 saturated heterocycles. The molecule has 1 fully saturated rings. The van der Waals surface area contributed by atoms with Crippen LogP contribution in [0.2, 0.25) is 0 Å². The zero-order valence-corrected chi connectivity index (χ0v) is 10.3. The number of nitrogens with one attached hydrogen (secondary N) is 1. The monoisotopic (exact) mass is 244 g/mol. The highest BCUT2D eigenvalue weighted by molar-refractivity contribution is 5.91. The highest BCUT2D eigenvalue weighted by Crippen LogP contribution is 2.22. The van der Waals surface area contributed by atoms with Crippen molar-refractivity contribution in [3.63, 3.8) is 0 Å². The Kier molecular flexibility index (Phi) is 4.11. The molecule has 0 spiro atoms. The van der Waals surface area contributed by atoms with Crippen LogP contribution < -0.4 is 11.1 Å². The van der Waals surface area contributed by atoms with Crippen LogP contribution in [0.5, 0.6) is 0 Å². The third-order valence-electron chi connectivity index (χ3n) is 3.36. The number of nitrogens with two attached hydrogens (primary N) is 1. The maximum absolute atomic E-state index is 11.9. The second kappa shape index (κ2) is 5.01. The average molecular weight is 244 g/mol. The van der Waals surface area contributed by atoms with E-state index in [9.17, 15) is 14.7 Å². The Morgan fingerprint density at radius 1 is 1.47 bits per heavy atom. The number of carbonyl (C=O) groups excluding carboxylic acids is 1. The van der Waals surface area contributed by atoms with Gasteiger partial charge in [0.2, 0.25) is 5.91 Å². The first-order valence-electron chi connectivity index (χ1n) is 5.77. The van der Waals surface area contributed by atoms with Crippen molar-refractivity contribution in [2.45, 2.75) is 44.2 Å². The van der Waals surface area contributed by atoms with Crippen LogP contribution in [0.1, 0.15) is 33.1 Å². The third kappa shape index (κ3) is 2.95. The van der Waals surface area contributed by atoms with Gasteiger partial charge in [0.05, 0.1) is 5.54 Å². The van der Waals surface area contributed by atoms with E-state index in [-0.39, 0.29) is 12.8 Å². The second-order valence-electron chi connectivity index (χ2n) is 4.72. The molecular weight excluding hydrogens is 224 g/mol. The molecule has 0 aromatic heterocycles. The van der Waals surface area contributed by atoms with Crippen LogP contribution >= 0.6 is 0 Å². The molecule has 1 heterocycles. The highest BCUT2D eigenvalue weighted by atomic mass is 16.5. The van der Waals surface area contributed by atoms with Crippen molar-refractivity contribution in [2.24, 2.45) is 5.73 Å². The van der Waals surface area contributed by atoms with Crippen molar-refractivity contribution in [1.29, 1.82) is 0 Å². The fraction of sp³-hybridized carbons (Fsp3) is 0.818. The molecule has 0 bridgehead atoms. The van der Waals surface area contributed by atoms with E-state index in [2.05, 4.69) is 5.32 Å². The molecule has 1 aliphatic rings. The van der Waals surface area contributed by atoms with Crippen molar-refractivity contribution in [3.05, 3.63) is 0 Å². The smallest absolute Gasteiger partial charge is 0.329 e. The van der Waals surface area contributed by atoms with E-state index in [1.165, 1.54) is 0 Å². The van der Waals surface area contributed by atoms with Crippen LogP contribution in [0.4, 0.5) is 0 Å². The maximum Gasteiger partial charge on any atom is 0.329 e. The van der Waals surface area contributed by atoms with Gasteiger partial charge in [0, 0.05) is 26.1 Å². The van der Waals surface area contributed by atoms with Crippen LogP contribution in [0, 0.1) is 0 Å². The van der Waals surface area contributed by atoms with E-state index in [4.69, 9.17) is 10.5 Å². The lowest BCUT2D eigenvalue weighted by molar-refractivity contribution is -0.153. The molecule has 6 nitrogen and oxygen atoms in total. The van der Waals surface area contributed by atoms with E-state index >= 15 is 0 Å². The molecule has 1 rings (SSSR count). The van der Waals surface area contributed by atoms with Gasteiger partial charge in [-0.2, -0.15) is 0 Å². The van der Waals surface area contributed by atoms with Gasteiger partial charge in [-0.25, -0.2) is 4.79 Å². The van der Waals surface area contributed by atoms with E-state index in [0.717, 1.165) is 0 Å². The van der Waals surface area contributed by atoms with Gasteiger partial charge >= 0.3 is 5.97 Å². The quantitative estimate of drug-likeness (QED) is 0.639. The van der Waals surface area contributed by atoms with Gasteiger partial charge in [-0.1, -0.05) is 6.92 Å². The largest absolute Gasteiger partial charge is 0.480 e. The minimum atomic E-state index is -1.23. The lowest BCUT2D eigenvalue weighted by Crippen LogP contribution is -2.63. The van der Waals surface area contributed by atoms with Crippen molar-refractivity contribution in [2.75, 3.05) is 13.2 Å². The first-order valence-corrected chi connectivity index (χ1v) is 5.77. The SMILES string of the molecule is CCC(C)(N)C(=O)NC1(C(=O)O)CCOCC1. The Labute approximate surface area is 101 Å². The molecule has 0 aliphatic carbocycles. The molecule has 6 heteroatoms. The molecule has 98 valence electrons. The molecule has 1 atom stereocenters. The number of ether oxygens (including phenoxy) is 1. The first-order chi connectivity index (χ1) is 7.84. The summed E-state index contributed by atoms with van der Waals surface area (Å²) in [6, 6.07) is 0. The van der Waals surface area contributed by atoms with Gasteiger partial charge in [0.25, 0.3) is 0 Å². The summed E-state index contributed by atoms with van der Waals surface area (Å²) in [4.78, 5) is 23.2. The summed E-state index contributed by atoms with van der Waals surface area (Å²) in [5, 5.41) is 11.8. The molecule has 0 aromatic rings. The molecule has 0 saturated carbocycles. The van der Waals surface area contributed by atoms with Crippen molar-refractivity contribution in [1.82, 2.24) is 5.32 Å². The Morgan fingerprint density at radius 3 is 2.41 bits per heavy atom. The molecule has 1 amide bonds. The lowest BCUT2D eigenvalue weighted by Gasteiger charge is -2.36. The van der Waals surface area contributed by atoms with E-state index in [1.54, 1.807) is 13.8 Å². The number of hydrogen-bond acceptors (Lipinski definition) is 4. The molecular formula is C11H20N2O4. The number of carbonyl (C=O) groups is 2. The van der Waals surface area contributed by atoms with Crippen LogP contribution in [0.15, 0.2) is 0 Å². The molecule has 0 radical (unpaired) electrons. The fourth-order valence-corrected chi connectivity index (χ4v) is 1.63. The molecule has 0 aromatic carbocycles. The molecule has 4 N–H and O–H groups in total. The minimum Gasteiger partial charge on any atom is -0.480 e. The van der Waals surface area contributed by atoms with Crippen molar-refractivity contribution in [3.8, 4) is 0 Å². The number of carboxylic acids is 1. The summed E-state index contributed by atoms with van der Waals surface area (Å²) >= 11 is 0. The van der Waals surface area contributed by atoms with Gasteiger partial charge in [0.1, 0.15) is 5.54 Å². The van der Waals surface area contributed by atoms with Gasteiger partial charge in [-0.3, -0.25) is 4.79 Å². The molecule has 1 aliphatic heterocycles. The van der Waals surface area contributed by atoms with Crippen LogP contribution in [0.25, 0.3) is 0 Å². The van der Waals surface area contributed by atoms with Gasteiger partial charge in [-0.15, -0.1) is 0 Å². The number of hydrogen-bond donors (Lipinski definition) is 3. The number of rotatable bonds is 4. The lowest BCUT2D eigenvalue weighted by atomic mass is 9.88. The number of carboxylic acid groups (broad SMARTS) is 1. The fourth-order valence-electron chi connectivity index (χ4n) is 1.63. The minimum absolute atomic E-state index is 0.272. The Balaban J connectivity index is 2.81. The van der Waals surface area contributed by atoms with Crippen LogP contribution in [-0.4, -0.2) is 41.3 Å². The van der Waals surface area contributed by atoms with Crippen LogP contribution in [-0.2, 0) is 14.3 Å². The van der Waals surface area contributed by atoms with Gasteiger partial charge in [-0.05, 0) is 13.3 Å². The van der Waals surface area contributed by atoms with E-state index in [0.29, 0.717) is 19.6 Å². The summed E-state index contributed by atoms with van der Waals surface area (Å²) in [5.41, 5.74) is 3.53. The van der Waals surface area contributed by atoms with E-state index < -0.39 is 23.0 Å². The first kappa shape index (κ1) is 13.9. The van der Waals surface area contributed by atoms with E-state index in [1.807, 2.05) is 0 Å². The maximum atomic E-state index is 11.9. The zero-order chi connectivity index (χ0) is 13.1. The van der Waals surface area contributed by atoms with Crippen molar-refractivity contribution < 1.29 is 19.4 Å². The topological polar surface area (TPSA) is 102 Å². The standard InChI is InChI=1S/C11H20N2O4/c1-3-10(2,12)8(14)13-11(9(15)16)4-6-17-7-5-11/h3-7,12H2,1-2H3,(H,13,14)(H,15,16). The van der Waals surface area contributed by atoms with Gasteiger partial charge < -0.3 is 20.9 Å². The highest BCUT2D eigenvalue weighted by Gasteiger charge is 2.43. The number of aliphatic carboxylic acids is 1. The second-order valence-corrected chi connectivity index (χ2v) is 4.72. The zero-order valence-electron chi connectivity index (χ0n) is 10.3. The van der Waals surface area contributed by atoms with Crippen molar-refractivity contribution >= 4 is 11.9 Å². The summed E-state index contributed by atoms with van der Waals surface area (Å²) in [7, 11) is 0. The third-order valence-corrected chi connectivity index (χ3v) is 3.36. The Hall–Kier alpha value is -1.14. The number of amides is 1. The molecule has 17 heavy (non-hydrogen) atoms. The predicted octanol–water partition coefficient (Wildman–Crippen LogP) is -0.136. The summed E-state index contributed by atoms with van der Waals surface area (Å²) in [5.74, 6) is -1.45. The normalized spacial score (nSPS) is 22.5. The Bertz CT molecular complexity index is 309. The molecule has 1 unspecified atom stereocenters. The summed E-state index contributed by atoms with van der Waals surface area (Å²) in [6.07, 6.45) is 0.993. The predicted molar refractivity (Wildman–Crippen MR) is 61.4 cm³/mol. The van der Waals surface area contributed by atoms with Crippen LogP contribution in [0.3, 0.4) is 0 Å². The average Bonchev–Trinajstić information content (AvgIpc) is 2.30.